The molecule has 0 radical (unpaired) electrons. The molecule has 160 valence electrons. The van der Waals surface area contributed by atoms with Gasteiger partial charge in [0.05, 0.1) is 24.5 Å². The van der Waals surface area contributed by atoms with Crippen molar-refractivity contribution in [3.63, 3.8) is 0 Å². The molecule has 2 aromatic rings. The summed E-state index contributed by atoms with van der Waals surface area (Å²) >= 11 is 0. The Kier molecular flexibility index (Phi) is 6.85. The Labute approximate surface area is 169 Å². The molecule has 3 rings (SSSR count). The predicted octanol–water partition coefficient (Wildman–Crippen LogP) is 4.09. The Morgan fingerprint density at radius 2 is 1.97 bits per heavy atom. The quantitative estimate of drug-likeness (QED) is 0.688. The van der Waals surface area contributed by atoms with Gasteiger partial charge in [-0.3, -0.25) is 9.58 Å². The fraction of sp³-hybridized carbons (Fsp3) is 0.571. The number of aromatic nitrogens is 2. The van der Waals surface area contributed by atoms with Crippen LogP contribution in [-0.2, 0) is 24.4 Å². The van der Waals surface area contributed by atoms with Gasteiger partial charge < -0.3 is 9.47 Å². The van der Waals surface area contributed by atoms with E-state index in [2.05, 4.69) is 23.8 Å². The van der Waals surface area contributed by atoms with Gasteiger partial charge >= 0.3 is 6.18 Å². The number of hydrogen-bond acceptors (Lipinski definition) is 4. The topological polar surface area (TPSA) is 39.5 Å². The largest absolute Gasteiger partial charge is 0.493 e. The molecule has 29 heavy (non-hydrogen) atoms. The molecule has 8 heteroatoms. The molecule has 0 amide bonds. The fourth-order valence-corrected chi connectivity index (χ4v) is 3.50. The van der Waals surface area contributed by atoms with Crippen LogP contribution in [0.25, 0.3) is 0 Å². The molecule has 1 aliphatic rings. The van der Waals surface area contributed by atoms with E-state index < -0.39 is 11.7 Å². The van der Waals surface area contributed by atoms with Crippen LogP contribution in [0.5, 0.6) is 5.75 Å². The van der Waals surface area contributed by atoms with E-state index in [1.807, 2.05) is 17.8 Å². The molecule has 0 bridgehead atoms. The molecule has 0 N–H and O–H groups in total. The number of alkyl halides is 3. The van der Waals surface area contributed by atoms with Gasteiger partial charge in [-0.1, -0.05) is 13.8 Å². The van der Waals surface area contributed by atoms with Gasteiger partial charge in [-0.25, -0.2) is 0 Å². The van der Waals surface area contributed by atoms with Crippen molar-refractivity contribution >= 4 is 0 Å². The van der Waals surface area contributed by atoms with Crippen LogP contribution < -0.4 is 4.74 Å². The third kappa shape index (κ3) is 5.96. The van der Waals surface area contributed by atoms with E-state index in [1.54, 1.807) is 0 Å². The molecular weight excluding hydrogens is 383 g/mol. The first-order valence-electron chi connectivity index (χ1n) is 9.89. The summed E-state index contributed by atoms with van der Waals surface area (Å²) in [6, 6.07) is 6.77. The number of aryl methyl sites for hydroxylation is 1. The first-order valence-corrected chi connectivity index (χ1v) is 9.89. The summed E-state index contributed by atoms with van der Waals surface area (Å²) in [5.74, 6) is 1.02. The normalized spacial score (nSPS) is 18.4. The monoisotopic (exact) mass is 411 g/mol. The van der Waals surface area contributed by atoms with Gasteiger partial charge in [0.25, 0.3) is 0 Å². The molecule has 1 aliphatic heterocycles. The standard InChI is InChI=1S/C21H28F3N3O2/c1-15(2)13-27-9-11-29-20(14-27)19-12-17(26(3)25-19)8-10-28-18-6-4-16(5-7-18)21(22,23)24/h4-7,12,15,20H,8-11,13-14H2,1-3H3/t20-/m1/s1. The number of nitrogens with zero attached hydrogens (tertiary/aromatic N) is 3. The van der Waals surface area contributed by atoms with Crippen molar-refractivity contribution < 1.29 is 22.6 Å². The molecule has 0 aliphatic carbocycles. The zero-order valence-corrected chi connectivity index (χ0v) is 17.1. The zero-order chi connectivity index (χ0) is 21.0. The molecule has 5 nitrogen and oxygen atoms in total. The van der Waals surface area contributed by atoms with Crippen LogP contribution in [0.4, 0.5) is 13.2 Å². The molecule has 1 fully saturated rings. The highest BCUT2D eigenvalue weighted by molar-refractivity contribution is 5.28. The van der Waals surface area contributed by atoms with Crippen molar-refractivity contribution in [2.75, 3.05) is 32.8 Å². The summed E-state index contributed by atoms with van der Waals surface area (Å²) in [6.07, 6.45) is -3.78. The Morgan fingerprint density at radius 3 is 2.62 bits per heavy atom. The summed E-state index contributed by atoms with van der Waals surface area (Å²) in [5, 5.41) is 4.60. The maximum Gasteiger partial charge on any atom is 0.416 e. The van der Waals surface area contributed by atoms with Crippen LogP contribution in [0.2, 0.25) is 0 Å². The Balaban J connectivity index is 1.54. The lowest BCUT2D eigenvalue weighted by Crippen LogP contribution is -2.40. The molecule has 1 aromatic carbocycles. The van der Waals surface area contributed by atoms with E-state index in [0.717, 1.165) is 43.2 Å². The molecule has 1 saturated heterocycles. The van der Waals surface area contributed by atoms with Gasteiger partial charge in [0, 0.05) is 38.8 Å². The maximum atomic E-state index is 12.6. The van der Waals surface area contributed by atoms with Gasteiger partial charge in [0.2, 0.25) is 0 Å². The van der Waals surface area contributed by atoms with E-state index in [4.69, 9.17) is 9.47 Å². The highest BCUT2D eigenvalue weighted by Crippen LogP contribution is 2.30. The van der Waals surface area contributed by atoms with Crippen LogP contribution in [-0.4, -0.2) is 47.5 Å². The summed E-state index contributed by atoms with van der Waals surface area (Å²) in [4.78, 5) is 2.40. The zero-order valence-electron chi connectivity index (χ0n) is 17.1. The number of ether oxygens (including phenoxy) is 2. The Bertz CT molecular complexity index is 787. The van der Waals surface area contributed by atoms with Crippen LogP contribution in [0.3, 0.4) is 0 Å². The lowest BCUT2D eigenvalue weighted by atomic mass is 10.1. The van der Waals surface area contributed by atoms with Crippen molar-refractivity contribution in [2.45, 2.75) is 32.5 Å². The van der Waals surface area contributed by atoms with E-state index in [0.29, 0.717) is 31.3 Å². The molecule has 2 heterocycles. The molecule has 0 spiro atoms. The van der Waals surface area contributed by atoms with Gasteiger partial charge in [-0.15, -0.1) is 0 Å². The van der Waals surface area contributed by atoms with Gasteiger partial charge in [-0.2, -0.15) is 18.3 Å². The van der Waals surface area contributed by atoms with Gasteiger partial charge in [-0.05, 0) is 36.2 Å². The lowest BCUT2D eigenvalue weighted by Gasteiger charge is -2.33. The maximum absolute atomic E-state index is 12.6. The summed E-state index contributed by atoms with van der Waals surface area (Å²) in [5.41, 5.74) is 1.22. The summed E-state index contributed by atoms with van der Waals surface area (Å²) < 4.78 is 51.2. The van der Waals surface area contributed by atoms with Gasteiger partial charge in [0.1, 0.15) is 11.9 Å². The minimum Gasteiger partial charge on any atom is -0.493 e. The average molecular weight is 411 g/mol. The Hall–Kier alpha value is -2.06. The van der Waals surface area contributed by atoms with E-state index in [1.165, 1.54) is 12.1 Å². The molecule has 0 unspecified atom stereocenters. The second kappa shape index (κ2) is 9.17. The van der Waals surface area contributed by atoms with Crippen molar-refractivity contribution in [2.24, 2.45) is 13.0 Å². The number of benzene rings is 1. The van der Waals surface area contributed by atoms with Gasteiger partial charge in [0.15, 0.2) is 0 Å². The van der Waals surface area contributed by atoms with Crippen LogP contribution >= 0.6 is 0 Å². The minimum absolute atomic E-state index is 0.0433. The smallest absolute Gasteiger partial charge is 0.416 e. The number of rotatable bonds is 7. The predicted molar refractivity (Wildman–Crippen MR) is 104 cm³/mol. The number of hydrogen-bond donors (Lipinski definition) is 0. The van der Waals surface area contributed by atoms with Crippen LogP contribution in [0, 0.1) is 5.92 Å². The second-order valence-corrected chi connectivity index (χ2v) is 7.82. The van der Waals surface area contributed by atoms with E-state index in [9.17, 15) is 13.2 Å². The van der Waals surface area contributed by atoms with Crippen molar-refractivity contribution in [3.05, 3.63) is 47.3 Å². The third-order valence-corrected chi connectivity index (χ3v) is 4.91. The molecule has 0 saturated carbocycles. The minimum atomic E-state index is -4.34. The molecule has 1 atom stereocenters. The highest BCUT2D eigenvalue weighted by Gasteiger charge is 2.30. The number of morpholine rings is 1. The first kappa shape index (κ1) is 21.6. The molecule has 1 aromatic heterocycles. The van der Waals surface area contributed by atoms with Crippen molar-refractivity contribution in [1.29, 1.82) is 0 Å². The molecular formula is C21H28F3N3O2. The van der Waals surface area contributed by atoms with E-state index in [-0.39, 0.29) is 6.10 Å². The van der Waals surface area contributed by atoms with Crippen molar-refractivity contribution in [3.8, 4) is 5.75 Å². The fourth-order valence-electron chi connectivity index (χ4n) is 3.50. The van der Waals surface area contributed by atoms with Crippen LogP contribution in [0.1, 0.15) is 36.9 Å². The Morgan fingerprint density at radius 1 is 1.24 bits per heavy atom. The average Bonchev–Trinajstić information content (AvgIpc) is 3.02. The lowest BCUT2D eigenvalue weighted by molar-refractivity contribution is -0.137. The SMILES string of the molecule is CC(C)CN1CCO[C@@H](c2cc(CCOc3ccc(C(F)(F)F)cc3)n(C)n2)C1. The summed E-state index contributed by atoms with van der Waals surface area (Å²) in [7, 11) is 1.88. The number of halogens is 3. The van der Waals surface area contributed by atoms with Crippen molar-refractivity contribution in [1.82, 2.24) is 14.7 Å². The van der Waals surface area contributed by atoms with E-state index >= 15 is 0 Å². The first-order chi connectivity index (χ1) is 13.7. The second-order valence-electron chi connectivity index (χ2n) is 7.82. The van der Waals surface area contributed by atoms with Crippen LogP contribution in [0.15, 0.2) is 30.3 Å². The highest BCUT2D eigenvalue weighted by atomic mass is 19.4. The summed E-state index contributed by atoms with van der Waals surface area (Å²) in [6.45, 7) is 8.28. The third-order valence-electron chi connectivity index (χ3n) is 4.91.